The number of hydrogen-bond acceptors (Lipinski definition) is 4. The van der Waals surface area contributed by atoms with Crippen LogP contribution in [0, 0.1) is 26.7 Å². The van der Waals surface area contributed by atoms with Gasteiger partial charge in [0.2, 0.25) is 0 Å². The summed E-state index contributed by atoms with van der Waals surface area (Å²) in [5.41, 5.74) is 8.19. The normalized spacial score (nSPS) is 22.6. The first-order valence-electron chi connectivity index (χ1n) is 9.96. The summed E-state index contributed by atoms with van der Waals surface area (Å²) in [5.74, 6) is 1.25. The van der Waals surface area contributed by atoms with Crippen molar-refractivity contribution in [1.82, 2.24) is 5.16 Å². The van der Waals surface area contributed by atoms with Crippen LogP contribution in [0.2, 0.25) is 0 Å². The van der Waals surface area contributed by atoms with Crippen LogP contribution in [0.1, 0.15) is 52.2 Å². The number of rotatable bonds is 5. The smallest absolute Gasteiger partial charge is 0.171 e. The standard InChI is InChI=1S/C24H25NO3/c1-14-9-15(2)20(16(3)10-14)22-21-23-18(11-19(27-23)24(21)28-25-22)13-26-12-17-7-5-4-6-8-17/h4-10,18-19,23H,11-13H2,1-3H3/t18-,19+,23-/m1/s1. The quantitative estimate of drug-likeness (QED) is 0.581. The van der Waals surface area contributed by atoms with E-state index in [0.29, 0.717) is 19.1 Å². The fourth-order valence-corrected chi connectivity index (χ4v) is 4.82. The van der Waals surface area contributed by atoms with Gasteiger partial charge in [-0.05, 0) is 43.9 Å². The van der Waals surface area contributed by atoms with E-state index in [1.54, 1.807) is 0 Å². The Kier molecular flexibility index (Phi) is 4.33. The Bertz CT molecular complexity index is 985. The van der Waals surface area contributed by atoms with Crippen molar-refractivity contribution in [2.75, 3.05) is 6.61 Å². The van der Waals surface area contributed by atoms with E-state index in [2.05, 4.69) is 50.2 Å². The van der Waals surface area contributed by atoms with Crippen molar-refractivity contribution in [1.29, 1.82) is 0 Å². The molecule has 5 rings (SSSR count). The molecule has 0 radical (unpaired) electrons. The molecule has 3 heterocycles. The monoisotopic (exact) mass is 375 g/mol. The van der Waals surface area contributed by atoms with Crippen molar-refractivity contribution in [3.05, 3.63) is 76.0 Å². The van der Waals surface area contributed by atoms with Gasteiger partial charge in [0.15, 0.2) is 5.76 Å². The summed E-state index contributed by atoms with van der Waals surface area (Å²) in [6.45, 7) is 7.73. The molecular formula is C24H25NO3. The van der Waals surface area contributed by atoms with Crippen LogP contribution in [-0.4, -0.2) is 11.8 Å². The van der Waals surface area contributed by atoms with Gasteiger partial charge in [-0.1, -0.05) is 53.2 Å². The number of fused-ring (bicyclic) bond motifs is 5. The third kappa shape index (κ3) is 2.88. The van der Waals surface area contributed by atoms with Gasteiger partial charge in [0.25, 0.3) is 0 Å². The van der Waals surface area contributed by atoms with E-state index in [1.165, 1.54) is 27.8 Å². The highest BCUT2D eigenvalue weighted by Crippen LogP contribution is 2.57. The van der Waals surface area contributed by atoms with Crippen molar-refractivity contribution >= 4 is 0 Å². The van der Waals surface area contributed by atoms with Crippen LogP contribution in [-0.2, 0) is 16.1 Å². The molecule has 1 saturated heterocycles. The van der Waals surface area contributed by atoms with E-state index in [4.69, 9.17) is 14.0 Å². The molecular weight excluding hydrogens is 350 g/mol. The van der Waals surface area contributed by atoms with Crippen LogP contribution >= 0.6 is 0 Å². The minimum absolute atomic E-state index is 0.0112. The number of ether oxygens (including phenoxy) is 2. The average molecular weight is 375 g/mol. The number of hydrogen-bond donors (Lipinski definition) is 0. The molecule has 2 aromatic carbocycles. The summed E-state index contributed by atoms with van der Waals surface area (Å²) in [6.07, 6.45) is 0.960. The molecule has 4 heteroatoms. The minimum atomic E-state index is 0.0112. The van der Waals surface area contributed by atoms with Gasteiger partial charge in [0.05, 0.1) is 24.9 Å². The number of aromatic nitrogens is 1. The molecule has 0 aliphatic carbocycles. The predicted molar refractivity (Wildman–Crippen MR) is 107 cm³/mol. The molecule has 2 aliphatic rings. The van der Waals surface area contributed by atoms with Crippen LogP contribution in [0.15, 0.2) is 47.0 Å². The van der Waals surface area contributed by atoms with E-state index < -0.39 is 0 Å². The molecule has 28 heavy (non-hydrogen) atoms. The molecule has 2 bridgehead atoms. The zero-order valence-corrected chi connectivity index (χ0v) is 16.6. The zero-order valence-electron chi connectivity index (χ0n) is 16.6. The van der Waals surface area contributed by atoms with E-state index in [9.17, 15) is 0 Å². The van der Waals surface area contributed by atoms with E-state index >= 15 is 0 Å². The zero-order chi connectivity index (χ0) is 19.3. The second kappa shape index (κ2) is 6.87. The SMILES string of the molecule is Cc1cc(C)c(-c2noc3c2[C@@H]2O[C@H]3C[C@@H]2COCc2ccccc2)c(C)c1. The van der Waals surface area contributed by atoms with E-state index in [1.807, 2.05) is 18.2 Å². The molecule has 0 N–H and O–H groups in total. The van der Waals surface area contributed by atoms with Gasteiger partial charge < -0.3 is 14.0 Å². The van der Waals surface area contributed by atoms with Gasteiger partial charge in [-0.15, -0.1) is 0 Å². The van der Waals surface area contributed by atoms with Crippen molar-refractivity contribution < 1.29 is 14.0 Å². The van der Waals surface area contributed by atoms with Crippen molar-refractivity contribution in [2.45, 2.75) is 46.0 Å². The average Bonchev–Trinajstić information content (AvgIpc) is 3.35. The Morgan fingerprint density at radius 1 is 1.07 bits per heavy atom. The second-order valence-electron chi connectivity index (χ2n) is 8.12. The molecule has 1 aromatic heterocycles. The van der Waals surface area contributed by atoms with Crippen LogP contribution in [0.4, 0.5) is 0 Å². The summed E-state index contributed by atoms with van der Waals surface area (Å²) < 4.78 is 18.0. The lowest BCUT2D eigenvalue weighted by molar-refractivity contribution is 0.0244. The van der Waals surface area contributed by atoms with E-state index in [0.717, 1.165) is 23.4 Å². The summed E-state index contributed by atoms with van der Waals surface area (Å²) in [5, 5.41) is 4.47. The largest absolute Gasteiger partial charge is 0.376 e. The van der Waals surface area contributed by atoms with Gasteiger partial charge >= 0.3 is 0 Å². The van der Waals surface area contributed by atoms with Crippen LogP contribution < -0.4 is 0 Å². The highest BCUT2D eigenvalue weighted by atomic mass is 16.5. The maximum Gasteiger partial charge on any atom is 0.171 e. The fourth-order valence-electron chi connectivity index (χ4n) is 4.82. The minimum Gasteiger partial charge on any atom is -0.376 e. The molecule has 0 spiro atoms. The third-order valence-corrected chi connectivity index (χ3v) is 5.95. The Morgan fingerprint density at radius 2 is 1.82 bits per heavy atom. The number of aryl methyl sites for hydroxylation is 3. The van der Waals surface area contributed by atoms with Gasteiger partial charge in [-0.25, -0.2) is 0 Å². The Labute approximate surface area is 165 Å². The predicted octanol–water partition coefficient (Wildman–Crippen LogP) is 5.62. The summed E-state index contributed by atoms with van der Waals surface area (Å²) in [4.78, 5) is 0. The molecule has 0 amide bonds. The molecule has 2 aliphatic heterocycles. The first-order valence-corrected chi connectivity index (χ1v) is 9.96. The molecule has 144 valence electrons. The van der Waals surface area contributed by atoms with Crippen molar-refractivity contribution in [3.63, 3.8) is 0 Å². The topological polar surface area (TPSA) is 44.5 Å². The fraction of sp³-hybridized carbons (Fsp3) is 0.375. The van der Waals surface area contributed by atoms with Gasteiger partial charge in [0, 0.05) is 11.5 Å². The Balaban J connectivity index is 1.38. The van der Waals surface area contributed by atoms with Crippen LogP contribution in [0.25, 0.3) is 11.3 Å². The maximum atomic E-state index is 6.25. The lowest BCUT2D eigenvalue weighted by Gasteiger charge is -2.20. The summed E-state index contributed by atoms with van der Waals surface area (Å²) in [6, 6.07) is 14.7. The molecule has 3 atom stereocenters. The van der Waals surface area contributed by atoms with Crippen LogP contribution in [0.5, 0.6) is 0 Å². The van der Waals surface area contributed by atoms with E-state index in [-0.39, 0.29) is 12.2 Å². The lowest BCUT2D eigenvalue weighted by Crippen LogP contribution is -2.16. The molecule has 1 fully saturated rings. The number of nitrogens with zero attached hydrogens (tertiary/aromatic N) is 1. The second-order valence-corrected chi connectivity index (χ2v) is 8.12. The first-order chi connectivity index (χ1) is 13.6. The summed E-state index contributed by atoms with van der Waals surface area (Å²) >= 11 is 0. The molecule has 0 unspecified atom stereocenters. The summed E-state index contributed by atoms with van der Waals surface area (Å²) in [7, 11) is 0. The Hall–Kier alpha value is -2.43. The Morgan fingerprint density at radius 3 is 2.57 bits per heavy atom. The third-order valence-electron chi connectivity index (χ3n) is 5.95. The molecule has 3 aromatic rings. The highest BCUT2D eigenvalue weighted by molar-refractivity contribution is 5.72. The highest BCUT2D eigenvalue weighted by Gasteiger charge is 2.50. The lowest BCUT2D eigenvalue weighted by atomic mass is 9.84. The van der Waals surface area contributed by atoms with Gasteiger partial charge in [-0.3, -0.25) is 0 Å². The van der Waals surface area contributed by atoms with Crippen LogP contribution in [0.3, 0.4) is 0 Å². The van der Waals surface area contributed by atoms with Gasteiger partial charge in [-0.2, -0.15) is 0 Å². The van der Waals surface area contributed by atoms with Crippen molar-refractivity contribution in [3.8, 4) is 11.3 Å². The molecule has 4 nitrogen and oxygen atoms in total. The molecule has 0 saturated carbocycles. The van der Waals surface area contributed by atoms with Crippen molar-refractivity contribution in [2.24, 2.45) is 5.92 Å². The first kappa shape index (κ1) is 17.7. The maximum absolute atomic E-state index is 6.25. The van der Waals surface area contributed by atoms with Gasteiger partial charge in [0.1, 0.15) is 11.8 Å². The number of benzene rings is 2.